The summed E-state index contributed by atoms with van der Waals surface area (Å²) in [7, 11) is 4.49. The van der Waals surface area contributed by atoms with Crippen LogP contribution in [-0.2, 0) is 18.9 Å². The van der Waals surface area contributed by atoms with E-state index in [9.17, 15) is 4.79 Å². The van der Waals surface area contributed by atoms with Crippen LogP contribution >= 0.6 is 0 Å². The molecule has 5 heteroatoms. The van der Waals surface area contributed by atoms with E-state index in [0.29, 0.717) is 0 Å². The zero-order valence-electron chi connectivity index (χ0n) is 11.6. The van der Waals surface area contributed by atoms with Gasteiger partial charge in [-0.15, -0.1) is 0 Å². The zero-order chi connectivity index (χ0) is 13.4. The molecule has 0 aliphatic heterocycles. The van der Waals surface area contributed by atoms with Crippen molar-refractivity contribution in [1.82, 2.24) is 0 Å². The van der Waals surface area contributed by atoms with Crippen molar-refractivity contribution >= 4 is 6.16 Å². The van der Waals surface area contributed by atoms with Crippen LogP contribution in [0.3, 0.4) is 0 Å². The summed E-state index contributed by atoms with van der Waals surface area (Å²) in [6.45, 7) is 0. The maximum Gasteiger partial charge on any atom is 0.508 e. The van der Waals surface area contributed by atoms with Crippen LogP contribution in [0.2, 0.25) is 0 Å². The summed E-state index contributed by atoms with van der Waals surface area (Å²) >= 11 is 0. The minimum absolute atomic E-state index is 0.418. The summed E-state index contributed by atoms with van der Waals surface area (Å²) in [6.07, 6.45) is 5.85. The first-order chi connectivity index (χ1) is 8.68. The predicted octanol–water partition coefficient (Wildman–Crippen LogP) is 2.87. The minimum atomic E-state index is -0.849. The van der Waals surface area contributed by atoms with Gasteiger partial charge in [0.2, 0.25) is 5.79 Å². The second-order valence-electron chi connectivity index (χ2n) is 4.59. The highest BCUT2D eigenvalue weighted by atomic mass is 16.8. The molecule has 0 bridgehead atoms. The van der Waals surface area contributed by atoms with Crippen LogP contribution in [0.1, 0.15) is 44.9 Å². The molecule has 0 saturated heterocycles. The van der Waals surface area contributed by atoms with Crippen LogP contribution in [0.4, 0.5) is 4.79 Å². The number of ether oxygens (including phenoxy) is 4. The predicted molar refractivity (Wildman–Crippen MR) is 66.3 cm³/mol. The van der Waals surface area contributed by atoms with Crippen molar-refractivity contribution in [2.75, 3.05) is 21.3 Å². The van der Waals surface area contributed by atoms with E-state index in [0.717, 1.165) is 38.5 Å². The normalized spacial score (nSPS) is 24.5. The minimum Gasteiger partial charge on any atom is -0.438 e. The van der Waals surface area contributed by atoms with Crippen molar-refractivity contribution in [2.24, 2.45) is 0 Å². The quantitative estimate of drug-likeness (QED) is 0.577. The number of carbonyl (C=O) groups is 1. The molecule has 1 fully saturated rings. The van der Waals surface area contributed by atoms with Crippen molar-refractivity contribution in [3.05, 3.63) is 0 Å². The molecule has 1 aliphatic rings. The molecule has 0 heterocycles. The van der Waals surface area contributed by atoms with Crippen LogP contribution < -0.4 is 0 Å². The van der Waals surface area contributed by atoms with Gasteiger partial charge in [0, 0.05) is 20.6 Å². The Morgan fingerprint density at radius 3 is 2.22 bits per heavy atom. The molecule has 5 nitrogen and oxygen atoms in total. The third-order valence-corrected chi connectivity index (χ3v) is 3.58. The fourth-order valence-electron chi connectivity index (χ4n) is 2.48. The van der Waals surface area contributed by atoms with Gasteiger partial charge in [0.25, 0.3) is 0 Å². The molecule has 1 aliphatic carbocycles. The number of rotatable bonds is 3. The summed E-state index contributed by atoms with van der Waals surface area (Å²) in [4.78, 5) is 11.3. The molecule has 0 amide bonds. The molecule has 0 radical (unpaired) electrons. The first-order valence-electron chi connectivity index (χ1n) is 6.53. The van der Waals surface area contributed by atoms with Gasteiger partial charge in [0.15, 0.2) is 6.10 Å². The number of carbonyl (C=O) groups excluding carboxylic acids is 1. The Labute approximate surface area is 109 Å². The lowest BCUT2D eigenvalue weighted by Gasteiger charge is -2.37. The fourth-order valence-corrected chi connectivity index (χ4v) is 2.48. The van der Waals surface area contributed by atoms with Gasteiger partial charge in [-0.25, -0.2) is 4.79 Å². The molecule has 1 unspecified atom stereocenters. The molecular weight excluding hydrogens is 236 g/mol. The first kappa shape index (κ1) is 15.2. The molecule has 106 valence electrons. The van der Waals surface area contributed by atoms with Crippen LogP contribution in [-0.4, -0.2) is 39.4 Å². The average molecular weight is 260 g/mol. The van der Waals surface area contributed by atoms with E-state index >= 15 is 0 Å². The van der Waals surface area contributed by atoms with Crippen molar-refractivity contribution in [1.29, 1.82) is 0 Å². The van der Waals surface area contributed by atoms with Gasteiger partial charge in [-0.05, 0) is 19.3 Å². The molecular formula is C13H24O5. The fraction of sp³-hybridized carbons (Fsp3) is 0.923. The highest BCUT2D eigenvalue weighted by molar-refractivity contribution is 5.59. The number of methoxy groups -OCH3 is 3. The zero-order valence-corrected chi connectivity index (χ0v) is 11.6. The molecule has 0 aromatic carbocycles. The second kappa shape index (κ2) is 7.59. The molecule has 1 atom stereocenters. The maximum atomic E-state index is 11.3. The second-order valence-corrected chi connectivity index (χ2v) is 4.59. The van der Waals surface area contributed by atoms with Gasteiger partial charge >= 0.3 is 6.16 Å². The van der Waals surface area contributed by atoms with Crippen LogP contribution in [0.25, 0.3) is 0 Å². The summed E-state index contributed by atoms with van der Waals surface area (Å²) in [6, 6.07) is 0. The highest BCUT2D eigenvalue weighted by Crippen LogP contribution is 2.32. The molecule has 1 saturated carbocycles. The van der Waals surface area contributed by atoms with E-state index in [2.05, 4.69) is 4.74 Å². The van der Waals surface area contributed by atoms with Gasteiger partial charge in [-0.2, -0.15) is 0 Å². The largest absolute Gasteiger partial charge is 0.508 e. The topological polar surface area (TPSA) is 54.0 Å². The van der Waals surface area contributed by atoms with Gasteiger partial charge < -0.3 is 18.9 Å². The average Bonchev–Trinajstić information content (AvgIpc) is 2.50. The smallest absolute Gasteiger partial charge is 0.438 e. The van der Waals surface area contributed by atoms with Crippen molar-refractivity contribution in [3.8, 4) is 0 Å². The SMILES string of the molecule is COC(=O)OC1CCCCCCCC1(OC)OC. The molecule has 18 heavy (non-hydrogen) atoms. The summed E-state index contributed by atoms with van der Waals surface area (Å²) in [5.74, 6) is -0.849. The lowest BCUT2D eigenvalue weighted by atomic mass is 10.00. The molecule has 0 aromatic heterocycles. The number of hydrogen-bond acceptors (Lipinski definition) is 5. The third-order valence-electron chi connectivity index (χ3n) is 3.58. The lowest BCUT2D eigenvalue weighted by molar-refractivity contribution is -0.265. The molecule has 0 aromatic rings. The third kappa shape index (κ3) is 3.85. The first-order valence-corrected chi connectivity index (χ1v) is 6.53. The summed E-state index contributed by atoms with van der Waals surface area (Å²) in [5, 5.41) is 0. The van der Waals surface area contributed by atoms with Crippen LogP contribution in [0, 0.1) is 0 Å². The maximum absolute atomic E-state index is 11.3. The van der Waals surface area contributed by atoms with E-state index in [4.69, 9.17) is 14.2 Å². The Morgan fingerprint density at radius 1 is 1.00 bits per heavy atom. The summed E-state index contributed by atoms with van der Waals surface area (Å²) in [5.41, 5.74) is 0. The Bertz CT molecular complexity index is 250. The Balaban J connectivity index is 2.81. The monoisotopic (exact) mass is 260 g/mol. The Morgan fingerprint density at radius 2 is 1.61 bits per heavy atom. The van der Waals surface area contributed by atoms with Crippen LogP contribution in [0.15, 0.2) is 0 Å². The van der Waals surface area contributed by atoms with Gasteiger partial charge in [-0.3, -0.25) is 0 Å². The van der Waals surface area contributed by atoms with Crippen molar-refractivity contribution in [3.63, 3.8) is 0 Å². The van der Waals surface area contributed by atoms with Gasteiger partial charge in [0.05, 0.1) is 7.11 Å². The van der Waals surface area contributed by atoms with E-state index in [-0.39, 0.29) is 0 Å². The Kier molecular flexibility index (Phi) is 6.43. The van der Waals surface area contributed by atoms with Crippen molar-refractivity contribution in [2.45, 2.75) is 56.8 Å². The number of hydrogen-bond donors (Lipinski definition) is 0. The molecule has 1 rings (SSSR count). The molecule has 0 N–H and O–H groups in total. The lowest BCUT2D eigenvalue weighted by Crippen LogP contribution is -2.48. The standard InChI is InChI=1S/C13H24O5/c1-15-12(14)18-11-9-7-5-4-6-8-10-13(11,16-2)17-3/h11H,4-10H2,1-3H3. The summed E-state index contributed by atoms with van der Waals surface area (Å²) < 4.78 is 20.9. The van der Waals surface area contributed by atoms with Gasteiger partial charge in [0.1, 0.15) is 0 Å². The van der Waals surface area contributed by atoms with E-state index in [1.54, 1.807) is 14.2 Å². The molecule has 0 spiro atoms. The Hall–Kier alpha value is -0.810. The highest BCUT2D eigenvalue weighted by Gasteiger charge is 2.42. The van der Waals surface area contributed by atoms with Gasteiger partial charge in [-0.1, -0.05) is 19.3 Å². The van der Waals surface area contributed by atoms with E-state index in [1.165, 1.54) is 13.5 Å². The van der Waals surface area contributed by atoms with Crippen LogP contribution in [0.5, 0.6) is 0 Å². The van der Waals surface area contributed by atoms with E-state index in [1.807, 2.05) is 0 Å². The van der Waals surface area contributed by atoms with E-state index < -0.39 is 18.0 Å². The van der Waals surface area contributed by atoms with Crippen molar-refractivity contribution < 1.29 is 23.7 Å².